The second-order valence-corrected chi connectivity index (χ2v) is 9.33. The fourth-order valence-corrected chi connectivity index (χ4v) is 5.46. The Morgan fingerprint density at radius 1 is 0.971 bits per heavy atom. The number of carbonyl (C=O) groups excluding carboxylic acids is 2. The Labute approximate surface area is 199 Å². The molecule has 2 aromatic rings. The zero-order chi connectivity index (χ0) is 23.7. The molecule has 7 heteroatoms. The molecule has 3 heterocycles. The summed E-state index contributed by atoms with van der Waals surface area (Å²) in [5, 5.41) is 0. The van der Waals surface area contributed by atoms with Gasteiger partial charge < -0.3 is 19.1 Å². The maximum Gasteiger partial charge on any atom is 0.259 e. The standard InChI is InChI=1S/C27H31N3O4/c1-34-23-17-24(31)30-16-15-28(26(32)20-8-3-2-4-9-20)14-12-22(30)25(23)27(33)29-13-11-19-7-5-6-10-21(19)18-29/h2-3,5-7,10,17,20H,4,8-9,11-16,18H2,1H3. The number of benzene rings is 1. The zero-order valence-corrected chi connectivity index (χ0v) is 19.7. The maximum absolute atomic E-state index is 13.8. The largest absolute Gasteiger partial charge is 0.496 e. The second-order valence-electron chi connectivity index (χ2n) is 9.33. The monoisotopic (exact) mass is 461 g/mol. The first-order chi connectivity index (χ1) is 16.6. The lowest BCUT2D eigenvalue weighted by molar-refractivity contribution is -0.135. The quantitative estimate of drug-likeness (QED) is 0.659. The average Bonchev–Trinajstić information content (AvgIpc) is 3.11. The molecule has 0 bridgehead atoms. The van der Waals surface area contributed by atoms with Gasteiger partial charge in [0, 0.05) is 56.8 Å². The summed E-state index contributed by atoms with van der Waals surface area (Å²) in [6.07, 6.45) is 8.04. The lowest BCUT2D eigenvalue weighted by Gasteiger charge is -2.30. The number of carbonyl (C=O) groups is 2. The van der Waals surface area contributed by atoms with Gasteiger partial charge in [-0.15, -0.1) is 0 Å². The van der Waals surface area contributed by atoms with Gasteiger partial charge in [-0.05, 0) is 36.8 Å². The molecule has 0 fully saturated rings. The van der Waals surface area contributed by atoms with Crippen LogP contribution in [0.5, 0.6) is 5.75 Å². The molecule has 2 aliphatic heterocycles. The fraction of sp³-hybridized carbons (Fsp3) is 0.444. The molecule has 7 nitrogen and oxygen atoms in total. The molecule has 0 N–H and O–H groups in total. The smallest absolute Gasteiger partial charge is 0.259 e. The number of ether oxygens (including phenoxy) is 1. The summed E-state index contributed by atoms with van der Waals surface area (Å²) in [5.41, 5.74) is 3.36. The van der Waals surface area contributed by atoms with Crippen LogP contribution >= 0.6 is 0 Å². The molecule has 1 aliphatic carbocycles. The van der Waals surface area contributed by atoms with E-state index in [0.717, 1.165) is 31.2 Å². The normalized spacial score (nSPS) is 19.7. The van der Waals surface area contributed by atoms with Crippen LogP contribution in [0.1, 0.15) is 46.4 Å². The molecular formula is C27H31N3O4. The molecule has 1 unspecified atom stereocenters. The van der Waals surface area contributed by atoms with Crippen molar-refractivity contribution in [1.82, 2.24) is 14.4 Å². The zero-order valence-electron chi connectivity index (χ0n) is 19.7. The number of amides is 2. The van der Waals surface area contributed by atoms with E-state index >= 15 is 0 Å². The first kappa shape index (κ1) is 22.4. The van der Waals surface area contributed by atoms with Crippen LogP contribution in [0.4, 0.5) is 0 Å². The average molecular weight is 462 g/mol. The molecule has 2 amide bonds. The first-order valence-electron chi connectivity index (χ1n) is 12.2. The first-order valence-corrected chi connectivity index (χ1v) is 12.2. The number of methoxy groups -OCH3 is 1. The van der Waals surface area contributed by atoms with Crippen LogP contribution in [0.25, 0.3) is 0 Å². The summed E-state index contributed by atoms with van der Waals surface area (Å²) in [5.74, 6) is 0.356. The van der Waals surface area contributed by atoms with Crippen molar-refractivity contribution in [2.45, 2.75) is 45.2 Å². The van der Waals surface area contributed by atoms with Crippen molar-refractivity contribution in [1.29, 1.82) is 0 Å². The van der Waals surface area contributed by atoms with Gasteiger partial charge in [-0.2, -0.15) is 0 Å². The third-order valence-corrected chi connectivity index (χ3v) is 7.38. The van der Waals surface area contributed by atoms with Crippen molar-refractivity contribution >= 4 is 11.8 Å². The highest BCUT2D eigenvalue weighted by Gasteiger charge is 2.32. The van der Waals surface area contributed by atoms with E-state index in [1.807, 2.05) is 21.9 Å². The van der Waals surface area contributed by atoms with Crippen molar-refractivity contribution in [2.24, 2.45) is 5.92 Å². The number of aromatic nitrogens is 1. The van der Waals surface area contributed by atoms with Crippen molar-refractivity contribution in [2.75, 3.05) is 26.7 Å². The molecule has 3 aliphatic rings. The van der Waals surface area contributed by atoms with Gasteiger partial charge in [0.25, 0.3) is 11.5 Å². The number of allylic oxidation sites excluding steroid dienone is 2. The van der Waals surface area contributed by atoms with E-state index in [9.17, 15) is 14.4 Å². The molecule has 0 spiro atoms. The molecule has 5 rings (SSSR count). The van der Waals surface area contributed by atoms with E-state index in [0.29, 0.717) is 56.2 Å². The van der Waals surface area contributed by atoms with Crippen molar-refractivity contribution in [3.63, 3.8) is 0 Å². The van der Waals surface area contributed by atoms with Crippen LogP contribution in [0.15, 0.2) is 47.3 Å². The topological polar surface area (TPSA) is 71.8 Å². The lowest BCUT2D eigenvalue weighted by atomic mass is 9.93. The van der Waals surface area contributed by atoms with Gasteiger partial charge in [-0.25, -0.2) is 0 Å². The molecule has 1 atom stereocenters. The Bertz CT molecular complexity index is 1200. The van der Waals surface area contributed by atoms with Gasteiger partial charge >= 0.3 is 0 Å². The summed E-state index contributed by atoms with van der Waals surface area (Å²) >= 11 is 0. The highest BCUT2D eigenvalue weighted by Crippen LogP contribution is 2.28. The molecule has 34 heavy (non-hydrogen) atoms. The summed E-state index contributed by atoms with van der Waals surface area (Å²) in [6.45, 7) is 2.52. The van der Waals surface area contributed by atoms with Crippen LogP contribution in [-0.2, 0) is 30.7 Å². The minimum atomic E-state index is -0.192. The minimum absolute atomic E-state index is 0.00647. The van der Waals surface area contributed by atoms with Crippen LogP contribution in [0.2, 0.25) is 0 Å². The number of rotatable bonds is 3. The van der Waals surface area contributed by atoms with Crippen molar-refractivity contribution in [3.05, 3.63) is 75.2 Å². The molecule has 0 radical (unpaired) electrons. The summed E-state index contributed by atoms with van der Waals surface area (Å²) < 4.78 is 7.20. The fourth-order valence-electron chi connectivity index (χ4n) is 5.46. The van der Waals surface area contributed by atoms with Gasteiger partial charge in [-0.3, -0.25) is 14.4 Å². The van der Waals surface area contributed by atoms with Gasteiger partial charge in [0.15, 0.2) is 0 Å². The lowest BCUT2D eigenvalue weighted by Crippen LogP contribution is -2.38. The van der Waals surface area contributed by atoms with E-state index in [-0.39, 0.29) is 23.3 Å². The van der Waals surface area contributed by atoms with Gasteiger partial charge in [0.05, 0.1) is 7.11 Å². The van der Waals surface area contributed by atoms with Crippen LogP contribution in [0.3, 0.4) is 0 Å². The predicted octanol–water partition coefficient (Wildman–Crippen LogP) is 2.80. The SMILES string of the molecule is COc1cc(=O)n2c(c1C(=O)N1CCc3ccccc3C1)CCN(C(=O)C1CC=CCC1)CC2. The summed E-state index contributed by atoms with van der Waals surface area (Å²) in [7, 11) is 1.50. The Kier molecular flexibility index (Phi) is 6.26. The van der Waals surface area contributed by atoms with E-state index in [1.54, 1.807) is 4.57 Å². The number of fused-ring (bicyclic) bond motifs is 2. The van der Waals surface area contributed by atoms with Crippen LogP contribution in [-0.4, -0.2) is 52.9 Å². The molecule has 1 aromatic heterocycles. The Morgan fingerprint density at radius 2 is 1.76 bits per heavy atom. The van der Waals surface area contributed by atoms with Crippen molar-refractivity contribution < 1.29 is 14.3 Å². The number of hydrogen-bond donors (Lipinski definition) is 0. The van der Waals surface area contributed by atoms with E-state index < -0.39 is 0 Å². The van der Waals surface area contributed by atoms with Gasteiger partial charge in [0.2, 0.25) is 5.91 Å². The van der Waals surface area contributed by atoms with E-state index in [1.165, 1.54) is 18.7 Å². The minimum Gasteiger partial charge on any atom is -0.496 e. The second kappa shape index (κ2) is 9.49. The molecule has 1 aromatic carbocycles. The molecule has 0 saturated heterocycles. The summed E-state index contributed by atoms with van der Waals surface area (Å²) in [6, 6.07) is 9.61. The molecular weight excluding hydrogens is 430 g/mol. The predicted molar refractivity (Wildman–Crippen MR) is 129 cm³/mol. The Balaban J connectivity index is 1.44. The molecule has 0 saturated carbocycles. The van der Waals surface area contributed by atoms with Crippen LogP contribution < -0.4 is 10.3 Å². The van der Waals surface area contributed by atoms with E-state index in [4.69, 9.17) is 4.74 Å². The number of nitrogens with zero attached hydrogens (tertiary/aromatic N) is 3. The number of hydrogen-bond acceptors (Lipinski definition) is 4. The van der Waals surface area contributed by atoms with Crippen LogP contribution in [0, 0.1) is 5.92 Å². The Hall–Kier alpha value is -3.35. The van der Waals surface area contributed by atoms with E-state index in [2.05, 4.69) is 24.3 Å². The maximum atomic E-state index is 13.8. The van der Waals surface area contributed by atoms with Gasteiger partial charge in [-0.1, -0.05) is 36.4 Å². The Morgan fingerprint density at radius 3 is 2.53 bits per heavy atom. The summed E-state index contributed by atoms with van der Waals surface area (Å²) in [4.78, 5) is 43.6. The third kappa shape index (κ3) is 4.15. The van der Waals surface area contributed by atoms with Gasteiger partial charge in [0.1, 0.15) is 11.3 Å². The number of pyridine rings is 1. The highest BCUT2D eigenvalue weighted by molar-refractivity contribution is 5.98. The molecule has 178 valence electrons. The van der Waals surface area contributed by atoms with Crippen molar-refractivity contribution in [3.8, 4) is 5.75 Å². The highest BCUT2D eigenvalue weighted by atomic mass is 16.5. The third-order valence-electron chi connectivity index (χ3n) is 7.38.